The zero-order valence-electron chi connectivity index (χ0n) is 10.8. The monoisotopic (exact) mass is 259 g/mol. The van der Waals surface area contributed by atoms with Crippen molar-refractivity contribution in [2.24, 2.45) is 0 Å². The number of benzene rings is 2. The topological polar surface area (TPSA) is 61.7 Å². The van der Waals surface area contributed by atoms with Gasteiger partial charge in [-0.1, -0.05) is 12.1 Å². The number of hydrogen-bond donors (Lipinski definition) is 3. The Kier molecular flexibility index (Phi) is 4.13. The summed E-state index contributed by atoms with van der Waals surface area (Å²) in [7, 11) is 0. The molecule has 0 saturated carbocycles. The minimum atomic E-state index is 0.0518. The zero-order valence-corrected chi connectivity index (χ0v) is 10.8. The molecule has 0 saturated heterocycles. The van der Waals surface area contributed by atoms with E-state index in [4.69, 9.17) is 4.74 Å². The number of phenols is 2. The molecule has 0 aliphatic rings. The van der Waals surface area contributed by atoms with Crippen molar-refractivity contribution in [1.82, 2.24) is 0 Å². The Labute approximate surface area is 112 Å². The third-order valence-electron chi connectivity index (χ3n) is 2.73. The predicted molar refractivity (Wildman–Crippen MR) is 74.7 cm³/mol. The van der Waals surface area contributed by atoms with Crippen LogP contribution in [-0.4, -0.2) is 16.8 Å². The first-order valence-corrected chi connectivity index (χ1v) is 6.17. The third-order valence-corrected chi connectivity index (χ3v) is 2.73. The van der Waals surface area contributed by atoms with Gasteiger partial charge in [0, 0.05) is 18.2 Å². The fraction of sp³-hybridized carbons (Fsp3) is 0.200. The van der Waals surface area contributed by atoms with Gasteiger partial charge in [-0.05, 0) is 31.2 Å². The Morgan fingerprint density at radius 1 is 1.11 bits per heavy atom. The van der Waals surface area contributed by atoms with Crippen molar-refractivity contribution in [1.29, 1.82) is 0 Å². The first-order chi connectivity index (χ1) is 9.20. The zero-order chi connectivity index (χ0) is 13.7. The van der Waals surface area contributed by atoms with E-state index in [0.29, 0.717) is 18.7 Å². The summed E-state index contributed by atoms with van der Waals surface area (Å²) < 4.78 is 5.51. The van der Waals surface area contributed by atoms with Crippen LogP contribution in [0.1, 0.15) is 12.5 Å². The molecular formula is C15H17NO3. The number of para-hydroxylation sites is 2. The third kappa shape index (κ3) is 3.31. The molecule has 3 N–H and O–H groups in total. The molecule has 2 aromatic rings. The molecule has 0 radical (unpaired) electrons. The predicted octanol–water partition coefficient (Wildman–Crippen LogP) is 3.11. The van der Waals surface area contributed by atoms with E-state index in [1.54, 1.807) is 12.1 Å². The van der Waals surface area contributed by atoms with E-state index >= 15 is 0 Å². The highest BCUT2D eigenvalue weighted by molar-refractivity contribution is 5.56. The average molecular weight is 259 g/mol. The number of anilines is 1. The highest BCUT2D eigenvalue weighted by atomic mass is 16.5. The van der Waals surface area contributed by atoms with Crippen molar-refractivity contribution in [2.75, 3.05) is 11.9 Å². The van der Waals surface area contributed by atoms with E-state index in [9.17, 15) is 10.2 Å². The lowest BCUT2D eigenvalue weighted by molar-refractivity contribution is 0.341. The smallest absolute Gasteiger partial charge is 0.142 e. The fourth-order valence-electron chi connectivity index (χ4n) is 1.79. The van der Waals surface area contributed by atoms with Crippen LogP contribution in [0.4, 0.5) is 5.69 Å². The second kappa shape index (κ2) is 6.00. The number of hydrogen-bond acceptors (Lipinski definition) is 4. The number of phenolic OH excluding ortho intramolecular Hbond substituents is 2. The first kappa shape index (κ1) is 13.1. The van der Waals surface area contributed by atoms with Crippen LogP contribution in [0.2, 0.25) is 0 Å². The van der Waals surface area contributed by atoms with Crippen molar-refractivity contribution >= 4 is 5.69 Å². The van der Waals surface area contributed by atoms with Crippen molar-refractivity contribution in [3.63, 3.8) is 0 Å². The summed E-state index contributed by atoms with van der Waals surface area (Å²) in [5.41, 5.74) is 1.58. The highest BCUT2D eigenvalue weighted by Crippen LogP contribution is 2.27. The molecule has 0 aromatic heterocycles. The molecule has 4 heteroatoms. The van der Waals surface area contributed by atoms with Gasteiger partial charge in [0.25, 0.3) is 0 Å². The minimum absolute atomic E-state index is 0.0518. The van der Waals surface area contributed by atoms with Gasteiger partial charge in [0.15, 0.2) is 0 Å². The lowest BCUT2D eigenvalue weighted by atomic mass is 10.2. The summed E-state index contributed by atoms with van der Waals surface area (Å²) in [5.74, 6) is 0.903. The highest BCUT2D eigenvalue weighted by Gasteiger charge is 2.05. The van der Waals surface area contributed by atoms with Crippen LogP contribution in [0.3, 0.4) is 0 Å². The molecule has 19 heavy (non-hydrogen) atoms. The minimum Gasteiger partial charge on any atom is -0.508 e. The van der Waals surface area contributed by atoms with E-state index in [2.05, 4.69) is 5.32 Å². The molecule has 0 aliphatic carbocycles. The maximum atomic E-state index is 9.71. The van der Waals surface area contributed by atoms with Crippen molar-refractivity contribution in [2.45, 2.75) is 13.5 Å². The van der Waals surface area contributed by atoms with Gasteiger partial charge in [-0.2, -0.15) is 0 Å². The molecular weight excluding hydrogens is 242 g/mol. The van der Waals surface area contributed by atoms with Gasteiger partial charge in [0.2, 0.25) is 0 Å². The van der Waals surface area contributed by atoms with E-state index < -0.39 is 0 Å². The first-order valence-electron chi connectivity index (χ1n) is 6.17. The van der Waals surface area contributed by atoms with E-state index in [-0.39, 0.29) is 11.5 Å². The van der Waals surface area contributed by atoms with Crippen molar-refractivity contribution in [3.8, 4) is 17.2 Å². The molecule has 0 bridgehead atoms. The van der Waals surface area contributed by atoms with Crippen LogP contribution < -0.4 is 10.1 Å². The van der Waals surface area contributed by atoms with Crippen molar-refractivity contribution in [3.05, 3.63) is 48.0 Å². The maximum absolute atomic E-state index is 9.71. The van der Waals surface area contributed by atoms with Gasteiger partial charge in [0.05, 0.1) is 12.3 Å². The van der Waals surface area contributed by atoms with Crippen LogP contribution in [0.15, 0.2) is 42.5 Å². The molecule has 2 aromatic carbocycles. The molecule has 0 spiro atoms. The summed E-state index contributed by atoms with van der Waals surface area (Å²) in [6.07, 6.45) is 0. The number of aromatic hydroxyl groups is 2. The summed E-state index contributed by atoms with van der Waals surface area (Å²) in [6, 6.07) is 12.2. The lowest BCUT2D eigenvalue weighted by Gasteiger charge is -2.12. The normalized spacial score (nSPS) is 10.2. The van der Waals surface area contributed by atoms with Gasteiger partial charge in [-0.15, -0.1) is 0 Å². The van der Waals surface area contributed by atoms with Crippen LogP contribution in [0.5, 0.6) is 17.2 Å². The summed E-state index contributed by atoms with van der Waals surface area (Å²) in [6.45, 7) is 2.99. The Morgan fingerprint density at radius 3 is 2.63 bits per heavy atom. The molecule has 0 aliphatic heterocycles. The molecule has 0 heterocycles. The van der Waals surface area contributed by atoms with Crippen LogP contribution in [0, 0.1) is 0 Å². The van der Waals surface area contributed by atoms with Gasteiger partial charge in [0.1, 0.15) is 17.2 Å². The summed E-state index contributed by atoms with van der Waals surface area (Å²) in [4.78, 5) is 0. The number of nitrogens with one attached hydrogen (secondary N) is 1. The molecule has 100 valence electrons. The quantitative estimate of drug-likeness (QED) is 0.772. The summed E-state index contributed by atoms with van der Waals surface area (Å²) in [5, 5.41) is 22.2. The standard InChI is InChI=1S/C15H17NO3/c1-2-19-15-6-4-3-5-13(15)16-10-11-7-8-12(17)9-14(11)18/h3-9,16-18H,2,10H2,1H3. The SMILES string of the molecule is CCOc1ccccc1NCc1ccc(O)cc1O. The Hall–Kier alpha value is -2.36. The largest absolute Gasteiger partial charge is 0.508 e. The van der Waals surface area contributed by atoms with E-state index in [0.717, 1.165) is 11.4 Å². The maximum Gasteiger partial charge on any atom is 0.142 e. The Balaban J connectivity index is 2.10. The lowest BCUT2D eigenvalue weighted by Crippen LogP contribution is -2.02. The molecule has 0 fully saturated rings. The van der Waals surface area contributed by atoms with Crippen molar-refractivity contribution < 1.29 is 14.9 Å². The molecule has 4 nitrogen and oxygen atoms in total. The molecule has 0 atom stereocenters. The fourth-order valence-corrected chi connectivity index (χ4v) is 1.79. The average Bonchev–Trinajstić information content (AvgIpc) is 2.40. The van der Waals surface area contributed by atoms with Gasteiger partial charge < -0.3 is 20.3 Å². The number of ether oxygens (including phenoxy) is 1. The van der Waals surface area contributed by atoms with Gasteiger partial charge in [-0.3, -0.25) is 0 Å². The van der Waals surface area contributed by atoms with E-state index in [1.807, 2.05) is 31.2 Å². The number of rotatable bonds is 5. The Morgan fingerprint density at radius 2 is 1.89 bits per heavy atom. The van der Waals surface area contributed by atoms with Crippen LogP contribution in [0.25, 0.3) is 0 Å². The second-order valence-corrected chi connectivity index (χ2v) is 4.10. The summed E-state index contributed by atoms with van der Waals surface area (Å²) >= 11 is 0. The molecule has 2 rings (SSSR count). The van der Waals surface area contributed by atoms with E-state index in [1.165, 1.54) is 6.07 Å². The van der Waals surface area contributed by atoms with Crippen LogP contribution in [-0.2, 0) is 6.54 Å². The molecule has 0 amide bonds. The van der Waals surface area contributed by atoms with Gasteiger partial charge in [-0.25, -0.2) is 0 Å². The molecule has 0 unspecified atom stereocenters. The second-order valence-electron chi connectivity index (χ2n) is 4.10. The van der Waals surface area contributed by atoms with Gasteiger partial charge >= 0.3 is 0 Å². The van der Waals surface area contributed by atoms with Crippen LogP contribution >= 0.6 is 0 Å². The Bertz CT molecular complexity index is 555.